The van der Waals surface area contributed by atoms with Crippen LogP contribution in [0.3, 0.4) is 0 Å². The summed E-state index contributed by atoms with van der Waals surface area (Å²) in [6.45, 7) is 0.596. The topological polar surface area (TPSA) is 78.4 Å². The lowest BCUT2D eigenvalue weighted by molar-refractivity contribution is -0.133. The lowest BCUT2D eigenvalue weighted by atomic mass is 10.3. The first-order chi connectivity index (χ1) is 7.08. The molecule has 5 nitrogen and oxygen atoms in total. The Bertz CT molecular complexity index is 364. The number of carboxylic acids is 1. The van der Waals surface area contributed by atoms with E-state index in [9.17, 15) is 14.0 Å². The second-order valence-electron chi connectivity index (χ2n) is 2.59. The summed E-state index contributed by atoms with van der Waals surface area (Å²) in [5.74, 6) is -1.68. The van der Waals surface area contributed by atoms with Gasteiger partial charge in [-0.2, -0.15) is 0 Å². The van der Waals surface area contributed by atoms with Crippen molar-refractivity contribution < 1.29 is 19.1 Å². The monoisotopic (exact) mass is 211 g/mol. The van der Waals surface area contributed by atoms with E-state index in [0.717, 1.165) is 0 Å². The molecule has 0 saturated carbocycles. The van der Waals surface area contributed by atoms with Crippen LogP contribution in [0.1, 0.15) is 0 Å². The van der Waals surface area contributed by atoms with Crippen molar-refractivity contribution in [1.29, 1.82) is 0 Å². The minimum Gasteiger partial charge on any atom is -0.480 e. The first kappa shape index (κ1) is 11.0. The Hall–Kier alpha value is -2.11. The number of halogens is 1. The molecule has 0 aliphatic carbocycles. The molecule has 15 heavy (non-hydrogen) atoms. The third-order valence-corrected chi connectivity index (χ3v) is 1.43. The fourth-order valence-corrected chi connectivity index (χ4v) is 0.828. The highest BCUT2D eigenvalue weighted by molar-refractivity contribution is 5.93. The third-order valence-electron chi connectivity index (χ3n) is 1.43. The van der Waals surface area contributed by atoms with Crippen molar-refractivity contribution in [1.82, 2.24) is 5.32 Å². The average molecular weight is 211 g/mol. The maximum Gasteiger partial charge on any atom is 0.329 e. The Morgan fingerprint density at radius 1 is 1.27 bits per heavy atom. The van der Waals surface area contributed by atoms with Crippen LogP contribution in [0.4, 0.5) is 14.9 Å². The number of urea groups is 1. The summed E-state index contributed by atoms with van der Waals surface area (Å²) >= 11 is 0. The average Bonchev–Trinajstić information content (AvgIpc) is 2.19. The van der Waals surface area contributed by atoms with Crippen molar-refractivity contribution in [2.75, 3.05) is 5.32 Å². The zero-order valence-corrected chi connectivity index (χ0v) is 7.53. The van der Waals surface area contributed by atoms with Crippen molar-refractivity contribution in [3.05, 3.63) is 36.6 Å². The van der Waals surface area contributed by atoms with Crippen LogP contribution in [-0.4, -0.2) is 17.1 Å². The molecule has 0 aliphatic heterocycles. The minimum absolute atomic E-state index is 0.368. The number of carboxylic acid groups (broad SMARTS) is 1. The zero-order chi connectivity index (χ0) is 11.3. The summed E-state index contributed by atoms with van der Waals surface area (Å²) in [5, 5.41) is 12.5. The molecule has 1 rings (SSSR count). The molecule has 2 amide bonds. The van der Waals surface area contributed by atoms with Gasteiger partial charge in [-0.15, -0.1) is 0 Å². The number of anilines is 1. The smallest absolute Gasteiger partial charge is 0.329 e. The molecule has 0 unspecified atom stereocenters. The molecule has 0 saturated heterocycles. The molecule has 1 aromatic carbocycles. The van der Waals surface area contributed by atoms with Crippen LogP contribution in [0.25, 0.3) is 0 Å². The molecular formula is C9H8FN2O3. The predicted molar refractivity (Wildman–Crippen MR) is 50.5 cm³/mol. The molecule has 0 aliphatic rings. The van der Waals surface area contributed by atoms with Gasteiger partial charge in [-0.1, -0.05) is 0 Å². The van der Waals surface area contributed by atoms with Crippen molar-refractivity contribution in [3.8, 4) is 0 Å². The van der Waals surface area contributed by atoms with Gasteiger partial charge in [0.2, 0.25) is 0 Å². The number of hydrogen-bond donors (Lipinski definition) is 3. The maximum atomic E-state index is 12.5. The van der Waals surface area contributed by atoms with Gasteiger partial charge < -0.3 is 15.7 Å². The van der Waals surface area contributed by atoms with Crippen LogP contribution in [0.15, 0.2) is 24.3 Å². The number of aliphatic carboxylic acids is 1. The quantitative estimate of drug-likeness (QED) is 0.702. The van der Waals surface area contributed by atoms with Gasteiger partial charge in [-0.25, -0.2) is 14.0 Å². The highest BCUT2D eigenvalue weighted by atomic mass is 19.1. The fourth-order valence-electron chi connectivity index (χ4n) is 0.828. The molecule has 0 heterocycles. The highest BCUT2D eigenvalue weighted by Gasteiger charge is 2.04. The van der Waals surface area contributed by atoms with Crippen LogP contribution in [-0.2, 0) is 4.79 Å². The van der Waals surface area contributed by atoms with Crippen molar-refractivity contribution >= 4 is 17.7 Å². The third kappa shape index (κ3) is 4.08. The standard InChI is InChI=1S/C9H8FN2O3/c10-6-1-3-7(4-2-6)12-9(15)11-5-8(13)14/h1-5H,(H,13,14)(H2,11,12,15). The summed E-state index contributed by atoms with van der Waals surface area (Å²) in [7, 11) is 0. The normalized spacial score (nSPS) is 9.40. The Kier molecular flexibility index (Phi) is 3.61. The molecule has 0 fully saturated rings. The summed E-state index contributed by atoms with van der Waals surface area (Å²) in [6, 6.07) is 4.36. The number of amides is 2. The van der Waals surface area contributed by atoms with Gasteiger partial charge in [0.15, 0.2) is 6.54 Å². The SMILES string of the molecule is O=C(O)[CH]NC(=O)Nc1ccc(F)cc1. The molecule has 0 atom stereocenters. The second kappa shape index (κ2) is 4.94. The Morgan fingerprint density at radius 2 is 1.87 bits per heavy atom. The van der Waals surface area contributed by atoms with Gasteiger partial charge in [-0.05, 0) is 24.3 Å². The number of rotatable bonds is 3. The number of carbonyl (C=O) groups excluding carboxylic acids is 1. The number of hydrogen-bond acceptors (Lipinski definition) is 2. The molecule has 6 heteroatoms. The Labute approximate surface area is 84.9 Å². The Morgan fingerprint density at radius 3 is 2.40 bits per heavy atom. The summed E-state index contributed by atoms with van der Waals surface area (Å²) < 4.78 is 12.5. The second-order valence-corrected chi connectivity index (χ2v) is 2.59. The van der Waals surface area contributed by atoms with Gasteiger partial charge in [0.1, 0.15) is 5.82 Å². The molecule has 0 aromatic heterocycles. The molecule has 79 valence electrons. The minimum atomic E-state index is -1.26. The zero-order valence-electron chi connectivity index (χ0n) is 7.53. The molecule has 0 spiro atoms. The van der Waals surface area contributed by atoms with Crippen molar-refractivity contribution in [2.24, 2.45) is 0 Å². The van der Waals surface area contributed by atoms with E-state index in [1.165, 1.54) is 24.3 Å². The highest BCUT2D eigenvalue weighted by Crippen LogP contribution is 2.07. The van der Waals surface area contributed by atoms with E-state index in [1.807, 2.05) is 5.32 Å². The first-order valence-corrected chi connectivity index (χ1v) is 3.97. The van der Waals surface area contributed by atoms with Crippen molar-refractivity contribution in [2.45, 2.75) is 0 Å². The molecule has 0 bridgehead atoms. The lowest BCUT2D eigenvalue weighted by Crippen LogP contribution is -2.29. The van der Waals surface area contributed by atoms with Gasteiger partial charge >= 0.3 is 12.0 Å². The maximum absolute atomic E-state index is 12.5. The molecule has 1 aromatic rings. The summed E-state index contributed by atoms with van der Waals surface area (Å²) in [6.07, 6.45) is 0. The van der Waals surface area contributed by atoms with Crippen LogP contribution in [0, 0.1) is 12.4 Å². The molecule has 1 radical (unpaired) electrons. The predicted octanol–water partition coefficient (Wildman–Crippen LogP) is 1.19. The molecule has 3 N–H and O–H groups in total. The van der Waals surface area contributed by atoms with E-state index in [4.69, 9.17) is 5.11 Å². The summed E-state index contributed by atoms with van der Waals surface area (Å²) in [5.41, 5.74) is 0.368. The van der Waals surface area contributed by atoms with Crippen molar-refractivity contribution in [3.63, 3.8) is 0 Å². The van der Waals surface area contributed by atoms with Crippen LogP contribution < -0.4 is 10.6 Å². The number of benzene rings is 1. The van der Waals surface area contributed by atoms with E-state index in [1.54, 1.807) is 0 Å². The fraction of sp³-hybridized carbons (Fsp3) is 0. The van der Waals surface area contributed by atoms with Crippen LogP contribution in [0.5, 0.6) is 0 Å². The lowest BCUT2D eigenvalue weighted by Gasteiger charge is -2.04. The van der Waals surface area contributed by atoms with Crippen LogP contribution in [0.2, 0.25) is 0 Å². The first-order valence-electron chi connectivity index (χ1n) is 3.97. The van der Waals surface area contributed by atoms with E-state index in [0.29, 0.717) is 12.2 Å². The molecular weight excluding hydrogens is 203 g/mol. The van der Waals surface area contributed by atoms with E-state index >= 15 is 0 Å². The van der Waals surface area contributed by atoms with Gasteiger partial charge in [0, 0.05) is 5.69 Å². The van der Waals surface area contributed by atoms with Gasteiger partial charge in [0.05, 0.1) is 0 Å². The van der Waals surface area contributed by atoms with E-state index in [-0.39, 0.29) is 0 Å². The van der Waals surface area contributed by atoms with E-state index in [2.05, 4.69) is 5.32 Å². The van der Waals surface area contributed by atoms with Crippen LogP contribution >= 0.6 is 0 Å². The summed E-state index contributed by atoms with van der Waals surface area (Å²) in [4.78, 5) is 21.0. The number of carbonyl (C=O) groups is 2. The van der Waals surface area contributed by atoms with Gasteiger partial charge in [0.25, 0.3) is 0 Å². The Balaban J connectivity index is 2.44. The van der Waals surface area contributed by atoms with Gasteiger partial charge in [-0.3, -0.25) is 0 Å². The van der Waals surface area contributed by atoms with E-state index < -0.39 is 17.8 Å². The number of nitrogens with one attached hydrogen (secondary N) is 2. The largest absolute Gasteiger partial charge is 0.480 e.